The lowest BCUT2D eigenvalue weighted by Crippen LogP contribution is -1.99. The average molecular weight is 665 g/mol. The van der Waals surface area contributed by atoms with Gasteiger partial charge in [0.1, 0.15) is 11.2 Å². The summed E-state index contributed by atoms with van der Waals surface area (Å²) in [5, 5.41) is 7.26. The van der Waals surface area contributed by atoms with Crippen LogP contribution in [0.25, 0.3) is 99.2 Å². The molecule has 52 heavy (non-hydrogen) atoms. The van der Waals surface area contributed by atoms with E-state index in [2.05, 4.69) is 192 Å². The number of fused-ring (bicyclic) bond motifs is 9. The Balaban J connectivity index is 1.14. The quantitative estimate of drug-likeness (QED) is 0.184. The Bertz CT molecular complexity index is 3140. The van der Waals surface area contributed by atoms with Crippen molar-refractivity contribution in [2.45, 2.75) is 6.92 Å². The van der Waals surface area contributed by atoms with Crippen molar-refractivity contribution in [1.29, 1.82) is 0 Å². The number of hydrogen-bond acceptors (Lipinski definition) is 1. The molecular weight excluding hydrogens is 633 g/mol. The number of rotatable bonds is 4. The number of hydrogen-bond donors (Lipinski definition) is 0. The third-order valence-electron chi connectivity index (χ3n) is 10.9. The highest BCUT2D eigenvalue weighted by Crippen LogP contribution is 2.43. The van der Waals surface area contributed by atoms with Gasteiger partial charge in [0, 0.05) is 32.6 Å². The fraction of sp³-hybridized carbons (Fsp3) is 0.0204. The molecular formula is C49H32N2O. The summed E-state index contributed by atoms with van der Waals surface area (Å²) in [7, 11) is 0. The molecule has 0 atom stereocenters. The summed E-state index contributed by atoms with van der Waals surface area (Å²) in [5.74, 6) is 0. The fourth-order valence-electron chi connectivity index (χ4n) is 8.67. The van der Waals surface area contributed by atoms with Gasteiger partial charge in [-0.1, -0.05) is 121 Å². The Labute approximate surface area is 300 Å². The summed E-state index contributed by atoms with van der Waals surface area (Å²) in [6, 6.07) is 63.2. The van der Waals surface area contributed by atoms with E-state index < -0.39 is 0 Å². The summed E-state index contributed by atoms with van der Waals surface area (Å²) in [4.78, 5) is 0. The van der Waals surface area contributed by atoms with Crippen LogP contribution in [-0.2, 0) is 0 Å². The van der Waals surface area contributed by atoms with Gasteiger partial charge < -0.3 is 13.6 Å². The Morgan fingerprint density at radius 3 is 1.69 bits per heavy atom. The van der Waals surface area contributed by atoms with Gasteiger partial charge in [-0.05, 0) is 89.3 Å². The maximum Gasteiger partial charge on any atom is 0.137 e. The molecule has 11 rings (SSSR count). The Hall–Kier alpha value is -6.84. The number of benzene rings is 8. The lowest BCUT2D eigenvalue weighted by atomic mass is 9.94. The molecule has 3 heterocycles. The van der Waals surface area contributed by atoms with E-state index in [1.165, 1.54) is 71.6 Å². The second kappa shape index (κ2) is 11.1. The zero-order valence-electron chi connectivity index (χ0n) is 28.5. The highest BCUT2D eigenvalue weighted by atomic mass is 16.3. The number of nitrogens with zero attached hydrogens (tertiary/aromatic N) is 2. The van der Waals surface area contributed by atoms with Crippen LogP contribution < -0.4 is 0 Å². The zero-order chi connectivity index (χ0) is 34.3. The molecule has 0 unspecified atom stereocenters. The molecule has 3 aromatic heterocycles. The first-order valence-electron chi connectivity index (χ1n) is 17.9. The van der Waals surface area contributed by atoms with Crippen LogP contribution in [0, 0.1) is 6.92 Å². The van der Waals surface area contributed by atoms with Crippen LogP contribution in [0.4, 0.5) is 0 Å². The minimum atomic E-state index is 0.880. The first-order valence-corrected chi connectivity index (χ1v) is 17.9. The van der Waals surface area contributed by atoms with Crippen molar-refractivity contribution in [2.75, 3.05) is 0 Å². The van der Waals surface area contributed by atoms with Gasteiger partial charge in [0.25, 0.3) is 0 Å². The van der Waals surface area contributed by atoms with Gasteiger partial charge in [0.2, 0.25) is 0 Å². The normalized spacial score (nSPS) is 11.9. The second-order valence-corrected chi connectivity index (χ2v) is 13.7. The third-order valence-corrected chi connectivity index (χ3v) is 10.9. The van der Waals surface area contributed by atoms with Gasteiger partial charge in [-0.15, -0.1) is 0 Å². The lowest BCUT2D eigenvalue weighted by molar-refractivity contribution is 0.669. The van der Waals surface area contributed by atoms with Crippen LogP contribution in [-0.4, -0.2) is 9.13 Å². The Morgan fingerprint density at radius 1 is 0.365 bits per heavy atom. The van der Waals surface area contributed by atoms with Crippen LogP contribution in [0.2, 0.25) is 0 Å². The molecule has 8 aromatic carbocycles. The lowest BCUT2D eigenvalue weighted by Gasteiger charge is -2.14. The second-order valence-electron chi connectivity index (χ2n) is 13.7. The highest BCUT2D eigenvalue weighted by molar-refractivity contribution is 6.17. The Morgan fingerprint density at radius 2 is 0.962 bits per heavy atom. The molecule has 0 aliphatic heterocycles. The van der Waals surface area contributed by atoms with Gasteiger partial charge in [-0.2, -0.15) is 0 Å². The molecule has 0 N–H and O–H groups in total. The molecule has 0 fully saturated rings. The largest absolute Gasteiger partial charge is 0.456 e. The van der Waals surface area contributed by atoms with Gasteiger partial charge in [-0.25, -0.2) is 0 Å². The van der Waals surface area contributed by atoms with Crippen molar-refractivity contribution in [1.82, 2.24) is 9.13 Å². The van der Waals surface area contributed by atoms with Crippen molar-refractivity contribution in [3.05, 3.63) is 181 Å². The number of aromatic nitrogens is 2. The molecule has 11 aromatic rings. The molecule has 0 saturated heterocycles. The molecule has 0 aliphatic carbocycles. The van der Waals surface area contributed by atoms with Crippen LogP contribution in [0.3, 0.4) is 0 Å². The molecule has 0 saturated carbocycles. The molecule has 3 heteroatoms. The summed E-state index contributed by atoms with van der Waals surface area (Å²) in [6.45, 7) is 2.28. The predicted molar refractivity (Wildman–Crippen MR) is 218 cm³/mol. The van der Waals surface area contributed by atoms with Crippen molar-refractivity contribution >= 4 is 65.6 Å². The van der Waals surface area contributed by atoms with E-state index in [9.17, 15) is 0 Å². The standard InChI is InChI=1S/C49H32N2O/c1-31-40(50-41-21-10-7-18-36(41)37-19-8-11-22-42(37)50)28-29-45-48(31)38-20-9-12-23-43(38)51(45)44-24-13-25-46-49(44)39-27-26-33(30-47(39)52-46)35-17-6-5-16-34(35)32-14-3-2-4-15-32/h2-30H,1H3. The zero-order valence-corrected chi connectivity index (χ0v) is 28.5. The van der Waals surface area contributed by atoms with Crippen molar-refractivity contribution < 1.29 is 4.42 Å². The number of para-hydroxylation sites is 3. The van der Waals surface area contributed by atoms with Gasteiger partial charge in [0.15, 0.2) is 0 Å². The molecule has 0 bridgehead atoms. The molecule has 0 aliphatic rings. The van der Waals surface area contributed by atoms with E-state index >= 15 is 0 Å². The van der Waals surface area contributed by atoms with E-state index in [4.69, 9.17) is 4.42 Å². The van der Waals surface area contributed by atoms with Gasteiger partial charge in [0.05, 0.1) is 33.1 Å². The summed E-state index contributed by atoms with van der Waals surface area (Å²) < 4.78 is 11.5. The minimum absolute atomic E-state index is 0.880. The summed E-state index contributed by atoms with van der Waals surface area (Å²) >= 11 is 0. The maximum absolute atomic E-state index is 6.68. The summed E-state index contributed by atoms with van der Waals surface area (Å²) in [5.41, 5.74) is 14.9. The number of aryl methyl sites for hydroxylation is 1. The minimum Gasteiger partial charge on any atom is -0.456 e. The molecule has 0 spiro atoms. The first-order chi connectivity index (χ1) is 25.7. The average Bonchev–Trinajstić information content (AvgIpc) is 3.86. The van der Waals surface area contributed by atoms with Crippen LogP contribution in [0.5, 0.6) is 0 Å². The third kappa shape index (κ3) is 4.08. The highest BCUT2D eigenvalue weighted by Gasteiger charge is 2.22. The van der Waals surface area contributed by atoms with E-state index in [1.54, 1.807) is 0 Å². The first kappa shape index (κ1) is 28.9. The van der Waals surface area contributed by atoms with E-state index in [-0.39, 0.29) is 0 Å². The van der Waals surface area contributed by atoms with Gasteiger partial charge in [-0.3, -0.25) is 0 Å². The monoisotopic (exact) mass is 664 g/mol. The van der Waals surface area contributed by atoms with Crippen LogP contribution in [0.15, 0.2) is 180 Å². The summed E-state index contributed by atoms with van der Waals surface area (Å²) in [6.07, 6.45) is 0. The number of furan rings is 1. The maximum atomic E-state index is 6.68. The van der Waals surface area contributed by atoms with Crippen LogP contribution >= 0.6 is 0 Å². The van der Waals surface area contributed by atoms with E-state index in [1.807, 2.05) is 0 Å². The SMILES string of the molecule is Cc1c(-n2c3ccccc3c3ccccc32)ccc2c1c1ccccc1n2-c1cccc2oc3cc(-c4ccccc4-c4ccccc4)ccc3c12. The Kier molecular flexibility index (Phi) is 6.17. The van der Waals surface area contributed by atoms with E-state index in [0.29, 0.717) is 0 Å². The molecule has 3 nitrogen and oxygen atoms in total. The fourth-order valence-corrected chi connectivity index (χ4v) is 8.67. The molecule has 0 radical (unpaired) electrons. The van der Waals surface area contributed by atoms with Crippen molar-refractivity contribution in [3.63, 3.8) is 0 Å². The van der Waals surface area contributed by atoms with Crippen molar-refractivity contribution in [2.24, 2.45) is 0 Å². The van der Waals surface area contributed by atoms with Crippen LogP contribution in [0.1, 0.15) is 5.56 Å². The van der Waals surface area contributed by atoms with E-state index in [0.717, 1.165) is 33.2 Å². The molecule has 244 valence electrons. The molecule has 0 amide bonds. The predicted octanol–water partition coefficient (Wildman–Crippen LogP) is 13.4. The van der Waals surface area contributed by atoms with Crippen molar-refractivity contribution in [3.8, 4) is 33.6 Å². The van der Waals surface area contributed by atoms with Gasteiger partial charge >= 0.3 is 0 Å². The smallest absolute Gasteiger partial charge is 0.137 e. The topological polar surface area (TPSA) is 23.0 Å².